The van der Waals surface area contributed by atoms with Gasteiger partial charge in [0.05, 0.1) is 13.5 Å². The van der Waals surface area contributed by atoms with Gasteiger partial charge in [-0.25, -0.2) is 0 Å². The molecule has 0 atom stereocenters. The summed E-state index contributed by atoms with van der Waals surface area (Å²) in [5.74, 6) is 0.555. The molecule has 0 aromatic heterocycles. The summed E-state index contributed by atoms with van der Waals surface area (Å²) >= 11 is 0. The van der Waals surface area contributed by atoms with E-state index >= 15 is 0 Å². The van der Waals surface area contributed by atoms with Crippen LogP contribution in [0.4, 0.5) is 0 Å². The molecule has 0 spiro atoms. The van der Waals surface area contributed by atoms with E-state index in [9.17, 15) is 4.79 Å². The van der Waals surface area contributed by atoms with E-state index in [0.29, 0.717) is 0 Å². The third kappa shape index (κ3) is 3.73. The predicted octanol–water partition coefficient (Wildman–Crippen LogP) is 2.27. The van der Waals surface area contributed by atoms with Crippen LogP contribution < -0.4 is 4.74 Å². The molecule has 4 heteroatoms. The number of methoxy groups -OCH3 is 1. The highest BCUT2D eigenvalue weighted by molar-refractivity contribution is 5.73. The van der Waals surface area contributed by atoms with Crippen molar-refractivity contribution in [1.82, 2.24) is 4.90 Å². The van der Waals surface area contributed by atoms with E-state index < -0.39 is 0 Å². The van der Waals surface area contributed by atoms with E-state index in [1.54, 1.807) is 0 Å². The van der Waals surface area contributed by atoms with Crippen LogP contribution in [0.15, 0.2) is 24.3 Å². The number of esters is 1. The molecule has 1 aromatic rings. The third-order valence-corrected chi connectivity index (χ3v) is 3.94. The zero-order valence-electron chi connectivity index (χ0n) is 12.5. The van der Waals surface area contributed by atoms with Gasteiger partial charge in [0.1, 0.15) is 11.4 Å². The van der Waals surface area contributed by atoms with Gasteiger partial charge in [-0.2, -0.15) is 0 Å². The zero-order valence-corrected chi connectivity index (χ0v) is 12.5. The first-order valence-electron chi connectivity index (χ1n) is 7.05. The SMILES string of the molecule is COC(=O)Cc1ccccc1OC1(C)CCN(C)CC1. The number of hydrogen-bond acceptors (Lipinski definition) is 4. The van der Waals surface area contributed by atoms with Gasteiger partial charge in [0.25, 0.3) is 0 Å². The molecular weight excluding hydrogens is 254 g/mol. The Balaban J connectivity index is 2.10. The Morgan fingerprint density at radius 3 is 2.60 bits per heavy atom. The third-order valence-electron chi connectivity index (χ3n) is 3.94. The minimum absolute atomic E-state index is 0.154. The molecule has 2 rings (SSSR count). The van der Waals surface area contributed by atoms with Gasteiger partial charge in [-0.05, 0) is 32.9 Å². The highest BCUT2D eigenvalue weighted by Gasteiger charge is 2.31. The molecule has 110 valence electrons. The van der Waals surface area contributed by atoms with Crippen molar-refractivity contribution in [2.24, 2.45) is 0 Å². The fourth-order valence-electron chi connectivity index (χ4n) is 2.44. The van der Waals surface area contributed by atoms with Gasteiger partial charge in [-0.1, -0.05) is 18.2 Å². The molecule has 1 aliphatic heterocycles. The lowest BCUT2D eigenvalue weighted by Gasteiger charge is -2.38. The van der Waals surface area contributed by atoms with Crippen LogP contribution in [0.2, 0.25) is 0 Å². The van der Waals surface area contributed by atoms with Crippen LogP contribution in [0.3, 0.4) is 0 Å². The molecule has 1 aromatic carbocycles. The van der Waals surface area contributed by atoms with Crippen LogP contribution in [0.5, 0.6) is 5.75 Å². The van der Waals surface area contributed by atoms with Crippen molar-refractivity contribution in [3.8, 4) is 5.75 Å². The number of nitrogens with zero attached hydrogens (tertiary/aromatic N) is 1. The Bertz CT molecular complexity index is 465. The van der Waals surface area contributed by atoms with Gasteiger partial charge in [-0.15, -0.1) is 0 Å². The summed E-state index contributed by atoms with van der Waals surface area (Å²) < 4.78 is 11.0. The van der Waals surface area contributed by atoms with Crippen molar-refractivity contribution in [1.29, 1.82) is 0 Å². The Morgan fingerprint density at radius 1 is 1.30 bits per heavy atom. The number of carbonyl (C=O) groups is 1. The molecule has 0 amide bonds. The Labute approximate surface area is 120 Å². The van der Waals surface area contributed by atoms with Gasteiger partial charge in [0.2, 0.25) is 0 Å². The predicted molar refractivity (Wildman–Crippen MR) is 77.9 cm³/mol. The zero-order chi connectivity index (χ0) is 14.6. The number of carbonyl (C=O) groups excluding carboxylic acids is 1. The first-order valence-corrected chi connectivity index (χ1v) is 7.05. The molecule has 0 N–H and O–H groups in total. The lowest BCUT2D eigenvalue weighted by molar-refractivity contribution is -0.139. The normalized spacial score (nSPS) is 18.6. The number of rotatable bonds is 4. The summed E-state index contributed by atoms with van der Waals surface area (Å²) in [5, 5.41) is 0. The molecule has 0 aliphatic carbocycles. The van der Waals surface area contributed by atoms with E-state index in [1.165, 1.54) is 7.11 Å². The summed E-state index contributed by atoms with van der Waals surface area (Å²) in [6.07, 6.45) is 2.24. The molecule has 4 nitrogen and oxygen atoms in total. The minimum Gasteiger partial charge on any atom is -0.487 e. The second kappa shape index (κ2) is 6.27. The highest BCUT2D eigenvalue weighted by atomic mass is 16.5. The monoisotopic (exact) mass is 277 g/mol. The minimum atomic E-state index is -0.241. The van der Waals surface area contributed by atoms with E-state index in [2.05, 4.69) is 18.9 Å². The molecule has 0 saturated carbocycles. The number of benzene rings is 1. The van der Waals surface area contributed by atoms with Gasteiger partial charge in [-0.3, -0.25) is 4.79 Å². The van der Waals surface area contributed by atoms with Crippen LogP contribution in [0.1, 0.15) is 25.3 Å². The number of hydrogen-bond donors (Lipinski definition) is 0. The summed E-state index contributed by atoms with van der Waals surface area (Å²) in [6.45, 7) is 4.22. The average molecular weight is 277 g/mol. The van der Waals surface area contributed by atoms with Crippen molar-refractivity contribution in [2.75, 3.05) is 27.2 Å². The topological polar surface area (TPSA) is 38.8 Å². The molecule has 1 saturated heterocycles. The molecule has 0 bridgehead atoms. The fraction of sp³-hybridized carbons (Fsp3) is 0.562. The Kier molecular flexibility index (Phi) is 4.65. The molecule has 1 aliphatic rings. The van der Waals surface area contributed by atoms with Crippen molar-refractivity contribution < 1.29 is 14.3 Å². The molecule has 20 heavy (non-hydrogen) atoms. The second-order valence-electron chi connectivity index (χ2n) is 5.72. The largest absolute Gasteiger partial charge is 0.487 e. The average Bonchev–Trinajstić information content (AvgIpc) is 2.44. The van der Waals surface area contributed by atoms with Crippen molar-refractivity contribution in [2.45, 2.75) is 31.8 Å². The number of likely N-dealkylation sites (tertiary alicyclic amines) is 1. The van der Waals surface area contributed by atoms with Gasteiger partial charge in [0.15, 0.2) is 0 Å². The summed E-state index contributed by atoms with van der Waals surface area (Å²) in [7, 11) is 3.54. The van der Waals surface area contributed by atoms with Gasteiger partial charge >= 0.3 is 5.97 Å². The van der Waals surface area contributed by atoms with Crippen LogP contribution in [-0.2, 0) is 16.0 Å². The standard InChI is InChI=1S/C16H23NO3/c1-16(8-10-17(2)11-9-16)20-14-7-5-4-6-13(14)12-15(18)19-3/h4-7H,8-12H2,1-3H3. The van der Waals surface area contributed by atoms with Crippen LogP contribution in [-0.4, -0.2) is 43.7 Å². The maximum Gasteiger partial charge on any atom is 0.310 e. The van der Waals surface area contributed by atoms with E-state index in [-0.39, 0.29) is 18.0 Å². The van der Waals surface area contributed by atoms with Crippen LogP contribution in [0, 0.1) is 0 Å². The molecule has 0 unspecified atom stereocenters. The molecular formula is C16H23NO3. The van der Waals surface area contributed by atoms with Crippen molar-refractivity contribution in [3.05, 3.63) is 29.8 Å². The highest BCUT2D eigenvalue weighted by Crippen LogP contribution is 2.30. The number of piperidine rings is 1. The lowest BCUT2D eigenvalue weighted by atomic mass is 9.93. The summed E-state index contributed by atoms with van der Waals surface area (Å²) in [6, 6.07) is 7.71. The van der Waals surface area contributed by atoms with E-state index in [4.69, 9.17) is 9.47 Å². The second-order valence-corrected chi connectivity index (χ2v) is 5.72. The maximum absolute atomic E-state index is 11.5. The first kappa shape index (κ1) is 14.9. The van der Waals surface area contributed by atoms with Gasteiger partial charge < -0.3 is 14.4 Å². The quantitative estimate of drug-likeness (QED) is 0.791. The molecule has 1 heterocycles. The summed E-state index contributed by atoms with van der Waals surface area (Å²) in [5.41, 5.74) is 0.734. The van der Waals surface area contributed by atoms with E-state index in [0.717, 1.165) is 37.2 Å². The summed E-state index contributed by atoms with van der Waals surface area (Å²) in [4.78, 5) is 13.8. The van der Waals surface area contributed by atoms with Crippen molar-refractivity contribution >= 4 is 5.97 Å². The Hall–Kier alpha value is -1.55. The Morgan fingerprint density at radius 2 is 1.95 bits per heavy atom. The van der Waals surface area contributed by atoms with Crippen LogP contribution in [0.25, 0.3) is 0 Å². The first-order chi connectivity index (χ1) is 9.52. The number of para-hydroxylation sites is 1. The number of ether oxygens (including phenoxy) is 2. The van der Waals surface area contributed by atoms with Crippen LogP contribution >= 0.6 is 0 Å². The lowest BCUT2D eigenvalue weighted by Crippen LogP contribution is -2.44. The van der Waals surface area contributed by atoms with Gasteiger partial charge in [0, 0.05) is 18.7 Å². The fourth-order valence-corrected chi connectivity index (χ4v) is 2.44. The van der Waals surface area contributed by atoms with E-state index in [1.807, 2.05) is 24.3 Å². The van der Waals surface area contributed by atoms with Crippen molar-refractivity contribution in [3.63, 3.8) is 0 Å². The molecule has 0 radical (unpaired) electrons. The smallest absolute Gasteiger partial charge is 0.310 e. The maximum atomic E-state index is 11.5. The molecule has 1 fully saturated rings.